The Hall–Kier alpha value is -1.51. The SMILES string of the molecule is CC(C)N(Cc1ccccc1)Cc1ccc(N)c(Cl)c1. The van der Waals surface area contributed by atoms with Crippen LogP contribution in [0.5, 0.6) is 0 Å². The van der Waals surface area contributed by atoms with Gasteiger partial charge in [-0.15, -0.1) is 0 Å². The van der Waals surface area contributed by atoms with Crippen LogP contribution in [0.1, 0.15) is 25.0 Å². The summed E-state index contributed by atoms with van der Waals surface area (Å²) in [4.78, 5) is 2.41. The quantitative estimate of drug-likeness (QED) is 0.830. The first-order chi connectivity index (χ1) is 9.56. The lowest BCUT2D eigenvalue weighted by Gasteiger charge is -2.26. The lowest BCUT2D eigenvalue weighted by atomic mass is 10.1. The Morgan fingerprint density at radius 2 is 1.65 bits per heavy atom. The number of nitrogens with zero attached hydrogens (tertiary/aromatic N) is 1. The maximum atomic E-state index is 6.09. The molecule has 0 aromatic heterocycles. The normalized spacial score (nSPS) is 11.2. The lowest BCUT2D eigenvalue weighted by molar-refractivity contribution is 0.203. The van der Waals surface area contributed by atoms with Crippen LogP contribution in [-0.4, -0.2) is 10.9 Å². The first-order valence-electron chi connectivity index (χ1n) is 6.88. The molecule has 2 aromatic carbocycles. The van der Waals surface area contributed by atoms with Crippen molar-refractivity contribution in [1.29, 1.82) is 0 Å². The van der Waals surface area contributed by atoms with E-state index in [9.17, 15) is 0 Å². The fourth-order valence-electron chi connectivity index (χ4n) is 2.14. The van der Waals surface area contributed by atoms with E-state index >= 15 is 0 Å². The minimum Gasteiger partial charge on any atom is -0.398 e. The van der Waals surface area contributed by atoms with Crippen LogP contribution in [0.2, 0.25) is 5.02 Å². The third-order valence-corrected chi connectivity index (χ3v) is 3.74. The van der Waals surface area contributed by atoms with E-state index in [0.717, 1.165) is 13.1 Å². The van der Waals surface area contributed by atoms with Gasteiger partial charge in [0.2, 0.25) is 0 Å². The molecule has 0 radical (unpaired) electrons. The molecule has 0 heterocycles. The van der Waals surface area contributed by atoms with E-state index < -0.39 is 0 Å². The van der Waals surface area contributed by atoms with Gasteiger partial charge in [-0.05, 0) is 37.1 Å². The monoisotopic (exact) mass is 288 g/mol. The minimum atomic E-state index is 0.464. The van der Waals surface area contributed by atoms with Gasteiger partial charge in [-0.25, -0.2) is 0 Å². The molecule has 2 rings (SSSR count). The van der Waals surface area contributed by atoms with Crippen LogP contribution in [0.3, 0.4) is 0 Å². The molecular formula is C17H21ClN2. The second-order valence-corrected chi connectivity index (χ2v) is 5.75. The zero-order chi connectivity index (χ0) is 14.5. The van der Waals surface area contributed by atoms with Crippen molar-refractivity contribution in [2.75, 3.05) is 5.73 Å². The highest BCUT2D eigenvalue weighted by molar-refractivity contribution is 6.33. The molecule has 2 aromatic rings. The van der Waals surface area contributed by atoms with E-state index in [4.69, 9.17) is 17.3 Å². The molecule has 0 saturated heterocycles. The molecule has 0 saturated carbocycles. The van der Waals surface area contributed by atoms with Crippen molar-refractivity contribution in [3.05, 3.63) is 64.7 Å². The lowest BCUT2D eigenvalue weighted by Crippen LogP contribution is -2.29. The number of nitrogen functional groups attached to an aromatic ring is 1. The molecule has 2 N–H and O–H groups in total. The highest BCUT2D eigenvalue weighted by atomic mass is 35.5. The van der Waals surface area contributed by atoms with Crippen LogP contribution in [0.25, 0.3) is 0 Å². The van der Waals surface area contributed by atoms with Crippen molar-refractivity contribution >= 4 is 17.3 Å². The zero-order valence-electron chi connectivity index (χ0n) is 12.0. The zero-order valence-corrected chi connectivity index (χ0v) is 12.8. The molecular weight excluding hydrogens is 268 g/mol. The summed E-state index contributed by atoms with van der Waals surface area (Å²) in [5, 5.41) is 0.630. The summed E-state index contributed by atoms with van der Waals surface area (Å²) in [6, 6.07) is 16.9. The van der Waals surface area contributed by atoms with Crippen molar-refractivity contribution in [3.63, 3.8) is 0 Å². The number of anilines is 1. The van der Waals surface area contributed by atoms with Gasteiger partial charge < -0.3 is 5.73 Å². The fraction of sp³-hybridized carbons (Fsp3) is 0.294. The van der Waals surface area contributed by atoms with Crippen molar-refractivity contribution in [1.82, 2.24) is 4.90 Å². The molecule has 2 nitrogen and oxygen atoms in total. The predicted molar refractivity (Wildman–Crippen MR) is 86.7 cm³/mol. The summed E-state index contributed by atoms with van der Waals surface area (Å²) in [5.41, 5.74) is 8.90. The maximum absolute atomic E-state index is 6.09. The molecule has 20 heavy (non-hydrogen) atoms. The van der Waals surface area contributed by atoms with E-state index in [1.807, 2.05) is 24.3 Å². The number of nitrogens with two attached hydrogens (primary N) is 1. The van der Waals surface area contributed by atoms with E-state index in [1.54, 1.807) is 0 Å². The molecule has 0 aliphatic carbocycles. The number of rotatable bonds is 5. The number of hydrogen-bond acceptors (Lipinski definition) is 2. The molecule has 0 fully saturated rings. The Kier molecular flexibility index (Phi) is 5.05. The maximum Gasteiger partial charge on any atom is 0.0638 e. The smallest absolute Gasteiger partial charge is 0.0638 e. The molecule has 3 heteroatoms. The Morgan fingerprint density at radius 3 is 2.25 bits per heavy atom. The number of hydrogen-bond donors (Lipinski definition) is 1. The van der Waals surface area contributed by atoms with E-state index in [-0.39, 0.29) is 0 Å². The summed E-state index contributed by atoms with van der Waals surface area (Å²) in [7, 11) is 0. The molecule has 0 aliphatic rings. The Bertz CT molecular complexity index is 552. The van der Waals surface area contributed by atoms with Crippen LogP contribution < -0.4 is 5.73 Å². The summed E-state index contributed by atoms with van der Waals surface area (Å²) >= 11 is 6.09. The van der Waals surface area contributed by atoms with Crippen molar-refractivity contribution in [3.8, 4) is 0 Å². The van der Waals surface area contributed by atoms with Crippen molar-refractivity contribution in [2.24, 2.45) is 0 Å². The summed E-state index contributed by atoms with van der Waals surface area (Å²) < 4.78 is 0. The minimum absolute atomic E-state index is 0.464. The van der Waals surface area contributed by atoms with E-state index in [2.05, 4.69) is 43.0 Å². The number of halogens is 1. The Morgan fingerprint density at radius 1 is 1.00 bits per heavy atom. The van der Waals surface area contributed by atoms with Gasteiger partial charge in [0.25, 0.3) is 0 Å². The first kappa shape index (κ1) is 14.9. The van der Waals surface area contributed by atoms with Gasteiger partial charge in [-0.2, -0.15) is 0 Å². The topological polar surface area (TPSA) is 29.3 Å². The van der Waals surface area contributed by atoms with Crippen LogP contribution in [-0.2, 0) is 13.1 Å². The standard InChI is InChI=1S/C17H21ClN2/c1-13(2)20(11-14-6-4-3-5-7-14)12-15-8-9-17(19)16(18)10-15/h3-10,13H,11-12,19H2,1-2H3. The highest BCUT2D eigenvalue weighted by Crippen LogP contribution is 2.21. The third kappa shape index (κ3) is 3.99. The summed E-state index contributed by atoms with van der Waals surface area (Å²) in [5.74, 6) is 0. The Balaban J connectivity index is 2.11. The molecule has 0 atom stereocenters. The van der Waals surface area contributed by atoms with Gasteiger partial charge in [-0.1, -0.05) is 48.0 Å². The van der Waals surface area contributed by atoms with Gasteiger partial charge in [0, 0.05) is 19.1 Å². The Labute approximate surface area is 126 Å². The van der Waals surface area contributed by atoms with Crippen LogP contribution >= 0.6 is 11.6 Å². The average Bonchev–Trinajstić information content (AvgIpc) is 2.43. The molecule has 0 aliphatic heterocycles. The highest BCUT2D eigenvalue weighted by Gasteiger charge is 2.11. The largest absolute Gasteiger partial charge is 0.398 e. The van der Waals surface area contributed by atoms with Gasteiger partial charge in [0.1, 0.15) is 0 Å². The summed E-state index contributed by atoms with van der Waals surface area (Å²) in [6.45, 7) is 6.22. The van der Waals surface area contributed by atoms with Crippen LogP contribution in [0.4, 0.5) is 5.69 Å². The van der Waals surface area contributed by atoms with Crippen LogP contribution in [0, 0.1) is 0 Å². The second kappa shape index (κ2) is 6.78. The average molecular weight is 289 g/mol. The van der Waals surface area contributed by atoms with Gasteiger partial charge in [0.15, 0.2) is 0 Å². The number of benzene rings is 2. The van der Waals surface area contributed by atoms with Gasteiger partial charge >= 0.3 is 0 Å². The molecule has 0 amide bonds. The first-order valence-corrected chi connectivity index (χ1v) is 7.26. The molecule has 106 valence electrons. The van der Waals surface area contributed by atoms with Gasteiger partial charge in [0.05, 0.1) is 10.7 Å². The third-order valence-electron chi connectivity index (χ3n) is 3.41. The molecule has 0 bridgehead atoms. The van der Waals surface area contributed by atoms with Crippen LogP contribution in [0.15, 0.2) is 48.5 Å². The second-order valence-electron chi connectivity index (χ2n) is 5.34. The molecule has 0 unspecified atom stereocenters. The molecule has 0 spiro atoms. The van der Waals surface area contributed by atoms with E-state index in [0.29, 0.717) is 16.8 Å². The fourth-order valence-corrected chi connectivity index (χ4v) is 2.35. The van der Waals surface area contributed by atoms with E-state index in [1.165, 1.54) is 11.1 Å². The predicted octanol–water partition coefficient (Wildman–Crippen LogP) is 4.33. The van der Waals surface area contributed by atoms with Crippen molar-refractivity contribution < 1.29 is 0 Å². The van der Waals surface area contributed by atoms with Gasteiger partial charge in [-0.3, -0.25) is 4.90 Å². The summed E-state index contributed by atoms with van der Waals surface area (Å²) in [6.07, 6.45) is 0. The van der Waals surface area contributed by atoms with Crippen molar-refractivity contribution in [2.45, 2.75) is 33.0 Å².